The number of hydrogen-bond donors (Lipinski definition) is 3. The lowest BCUT2D eigenvalue weighted by Gasteiger charge is -2.23. The van der Waals surface area contributed by atoms with E-state index in [2.05, 4.69) is 10.3 Å². The molecule has 0 radical (unpaired) electrons. The number of benzene rings is 3. The van der Waals surface area contributed by atoms with Gasteiger partial charge in [-0.15, -0.1) is 0 Å². The Hall–Kier alpha value is -4.43. The van der Waals surface area contributed by atoms with Crippen LogP contribution < -0.4 is 24.3 Å². The number of ether oxygens (including phenoxy) is 4. The molecule has 2 heterocycles. The number of aromatic amines is 1. The van der Waals surface area contributed by atoms with Crippen molar-refractivity contribution in [3.05, 3.63) is 77.5 Å². The van der Waals surface area contributed by atoms with Crippen LogP contribution in [0.3, 0.4) is 0 Å². The lowest BCUT2D eigenvalue weighted by molar-refractivity contribution is 0.0725. The van der Waals surface area contributed by atoms with Crippen LogP contribution in [0.15, 0.2) is 60.8 Å². The van der Waals surface area contributed by atoms with Crippen molar-refractivity contribution in [3.8, 4) is 34.1 Å². The van der Waals surface area contributed by atoms with E-state index in [1.54, 1.807) is 27.4 Å². The minimum atomic E-state index is -1.12. The average Bonchev–Trinajstić information content (AvgIpc) is 3.39. The van der Waals surface area contributed by atoms with Gasteiger partial charge in [0.05, 0.1) is 26.9 Å². The van der Waals surface area contributed by atoms with E-state index in [9.17, 15) is 9.90 Å². The number of fused-ring (bicyclic) bond motifs is 2. The summed E-state index contributed by atoms with van der Waals surface area (Å²) in [6.07, 6.45) is 4.55. The van der Waals surface area contributed by atoms with Crippen molar-refractivity contribution in [1.29, 1.82) is 0 Å². The molecule has 0 saturated carbocycles. The molecule has 1 unspecified atom stereocenters. The van der Waals surface area contributed by atoms with Gasteiger partial charge in [0.15, 0.2) is 11.5 Å². The van der Waals surface area contributed by atoms with E-state index in [1.807, 2.05) is 67.7 Å². The van der Waals surface area contributed by atoms with Crippen LogP contribution in [0.4, 0.5) is 0 Å². The number of aromatic nitrogens is 1. The van der Waals surface area contributed by atoms with Gasteiger partial charge in [0.1, 0.15) is 18.6 Å². The van der Waals surface area contributed by atoms with Gasteiger partial charge in [-0.25, -0.2) is 0 Å². The molecular weight excluding hydrogens is 484 g/mol. The summed E-state index contributed by atoms with van der Waals surface area (Å²) in [6.45, 7) is 2.23. The van der Waals surface area contributed by atoms with Gasteiger partial charge >= 0.3 is 0 Å². The zero-order valence-electron chi connectivity index (χ0n) is 21.7. The standard InChI is InChI=1S/C30H30N2O6/c1-17(23-16-31-24-10-6-5-9-21(23)24)29(33)32-30(34)22-13-19(12-18-8-7-11-38-27(18)22)20-14-25(35-2)28(37-4)26(15-20)36-3/h5-10,12-17,29,31,33H,11H2,1-4H3,(H,32,34)/t17?,29-/m1/s1. The van der Waals surface area contributed by atoms with E-state index >= 15 is 0 Å². The molecule has 8 nitrogen and oxygen atoms in total. The largest absolute Gasteiger partial charge is 0.493 e. The number of H-pyrrole nitrogens is 1. The molecule has 1 aliphatic heterocycles. The Kier molecular flexibility index (Phi) is 6.98. The number of amides is 1. The van der Waals surface area contributed by atoms with E-state index < -0.39 is 12.1 Å². The van der Waals surface area contributed by atoms with Crippen LogP contribution in [0.25, 0.3) is 28.1 Å². The Labute approximate surface area is 220 Å². The van der Waals surface area contributed by atoms with E-state index in [0.29, 0.717) is 35.2 Å². The van der Waals surface area contributed by atoms with E-state index in [-0.39, 0.29) is 5.92 Å². The highest BCUT2D eigenvalue weighted by Gasteiger charge is 2.26. The van der Waals surface area contributed by atoms with Crippen LogP contribution in [0, 0.1) is 0 Å². The number of methoxy groups -OCH3 is 3. The highest BCUT2D eigenvalue weighted by Crippen LogP contribution is 2.43. The van der Waals surface area contributed by atoms with Crippen LogP contribution in [-0.4, -0.2) is 50.2 Å². The zero-order valence-corrected chi connectivity index (χ0v) is 21.7. The quantitative estimate of drug-likeness (QED) is 0.282. The molecule has 1 aromatic heterocycles. The van der Waals surface area contributed by atoms with Crippen LogP contribution in [0.1, 0.15) is 34.3 Å². The SMILES string of the molecule is COc1cc(-c2cc3c(c(C(=O)N[C@H](O)C(C)c4c[nH]c5ccccc45)c2)OCC=C3)cc(OC)c1OC. The number of para-hydroxylation sites is 1. The Morgan fingerprint density at radius 2 is 1.74 bits per heavy atom. The lowest BCUT2D eigenvalue weighted by atomic mass is 9.95. The summed E-state index contributed by atoms with van der Waals surface area (Å²) in [5.74, 6) is 1.15. The molecule has 1 aliphatic rings. The summed E-state index contributed by atoms with van der Waals surface area (Å²) in [6, 6.07) is 15.2. The fourth-order valence-electron chi connectivity index (χ4n) is 4.80. The minimum Gasteiger partial charge on any atom is -0.493 e. The molecule has 4 aromatic rings. The molecule has 0 spiro atoms. The summed E-state index contributed by atoms with van der Waals surface area (Å²) in [4.78, 5) is 16.8. The summed E-state index contributed by atoms with van der Waals surface area (Å²) < 4.78 is 22.3. The van der Waals surface area contributed by atoms with Gasteiger partial charge in [0.2, 0.25) is 5.75 Å². The maximum absolute atomic E-state index is 13.5. The first-order valence-electron chi connectivity index (χ1n) is 12.3. The highest BCUT2D eigenvalue weighted by molar-refractivity contribution is 6.00. The monoisotopic (exact) mass is 514 g/mol. The third-order valence-electron chi connectivity index (χ3n) is 6.85. The molecular formula is C30H30N2O6. The van der Waals surface area contributed by atoms with Gasteiger partial charge in [0.25, 0.3) is 5.91 Å². The fraction of sp³-hybridized carbons (Fsp3) is 0.233. The molecule has 0 bridgehead atoms. The fourth-order valence-corrected chi connectivity index (χ4v) is 4.80. The second-order valence-corrected chi connectivity index (χ2v) is 9.07. The number of hydrogen-bond acceptors (Lipinski definition) is 6. The Morgan fingerprint density at radius 1 is 1.03 bits per heavy atom. The first-order valence-corrected chi connectivity index (χ1v) is 12.3. The molecule has 8 heteroatoms. The Balaban J connectivity index is 1.50. The summed E-state index contributed by atoms with van der Waals surface area (Å²) in [7, 11) is 4.66. The van der Waals surface area contributed by atoms with Crippen molar-refractivity contribution in [3.63, 3.8) is 0 Å². The predicted molar refractivity (Wildman–Crippen MR) is 146 cm³/mol. The molecule has 0 aliphatic carbocycles. The topological polar surface area (TPSA) is 102 Å². The zero-order chi connectivity index (χ0) is 26.8. The van der Waals surface area contributed by atoms with Gasteiger partial charge < -0.3 is 34.4 Å². The van der Waals surface area contributed by atoms with Gasteiger partial charge in [0, 0.05) is 28.6 Å². The van der Waals surface area contributed by atoms with Crippen molar-refractivity contribution in [2.45, 2.75) is 19.1 Å². The van der Waals surface area contributed by atoms with Crippen molar-refractivity contribution in [1.82, 2.24) is 10.3 Å². The highest BCUT2D eigenvalue weighted by atomic mass is 16.5. The lowest BCUT2D eigenvalue weighted by Crippen LogP contribution is -2.38. The number of nitrogens with one attached hydrogen (secondary N) is 2. The average molecular weight is 515 g/mol. The number of aliphatic hydroxyl groups excluding tert-OH is 1. The van der Waals surface area contributed by atoms with E-state index in [4.69, 9.17) is 18.9 Å². The number of carbonyl (C=O) groups is 1. The maximum Gasteiger partial charge on any atom is 0.257 e. The first-order chi connectivity index (χ1) is 18.4. The molecule has 3 aromatic carbocycles. The van der Waals surface area contributed by atoms with Crippen molar-refractivity contribution < 1.29 is 28.8 Å². The predicted octanol–water partition coefficient (Wildman–Crippen LogP) is 5.12. The van der Waals surface area contributed by atoms with Crippen LogP contribution >= 0.6 is 0 Å². The molecule has 3 N–H and O–H groups in total. The van der Waals surface area contributed by atoms with Gasteiger partial charge in [-0.3, -0.25) is 4.79 Å². The molecule has 5 rings (SSSR count). The van der Waals surface area contributed by atoms with Crippen LogP contribution in [-0.2, 0) is 0 Å². The summed E-state index contributed by atoms with van der Waals surface area (Å²) >= 11 is 0. The second-order valence-electron chi connectivity index (χ2n) is 9.07. The molecule has 0 fully saturated rings. The third kappa shape index (κ3) is 4.54. The second kappa shape index (κ2) is 10.5. The molecule has 1 amide bonds. The van der Waals surface area contributed by atoms with Crippen LogP contribution in [0.5, 0.6) is 23.0 Å². The van der Waals surface area contributed by atoms with Crippen molar-refractivity contribution in [2.24, 2.45) is 0 Å². The summed E-state index contributed by atoms with van der Waals surface area (Å²) in [5.41, 5.74) is 4.49. The summed E-state index contributed by atoms with van der Waals surface area (Å²) in [5, 5.41) is 14.8. The number of rotatable bonds is 8. The van der Waals surface area contributed by atoms with E-state index in [0.717, 1.165) is 33.2 Å². The minimum absolute atomic E-state index is 0.320. The van der Waals surface area contributed by atoms with Gasteiger partial charge in [-0.2, -0.15) is 0 Å². The molecule has 196 valence electrons. The molecule has 2 atom stereocenters. The number of aliphatic hydroxyl groups is 1. The third-order valence-corrected chi connectivity index (χ3v) is 6.85. The molecule has 0 saturated heterocycles. The van der Waals surface area contributed by atoms with E-state index in [1.165, 1.54) is 0 Å². The van der Waals surface area contributed by atoms with Gasteiger partial charge in [-0.1, -0.05) is 31.2 Å². The maximum atomic E-state index is 13.5. The van der Waals surface area contributed by atoms with Crippen molar-refractivity contribution >= 4 is 22.9 Å². The number of carbonyl (C=O) groups excluding carboxylic acids is 1. The van der Waals surface area contributed by atoms with Crippen LogP contribution in [0.2, 0.25) is 0 Å². The Morgan fingerprint density at radius 3 is 2.45 bits per heavy atom. The molecule has 38 heavy (non-hydrogen) atoms. The smallest absolute Gasteiger partial charge is 0.257 e. The first kappa shape index (κ1) is 25.2. The van der Waals surface area contributed by atoms with Crippen molar-refractivity contribution in [2.75, 3.05) is 27.9 Å². The normalized spacial score (nSPS) is 13.8. The van der Waals surface area contributed by atoms with Gasteiger partial charge in [-0.05, 0) is 53.1 Å². The Bertz CT molecular complexity index is 1500.